The highest BCUT2D eigenvalue weighted by Gasteiger charge is 2.52. The number of hydrogen-bond donors (Lipinski definition) is 0. The average molecular weight is 427 g/mol. The van der Waals surface area contributed by atoms with Crippen LogP contribution < -0.4 is 4.74 Å². The molecule has 0 aromatic heterocycles. The molecule has 1 atom stereocenters. The van der Waals surface area contributed by atoms with Gasteiger partial charge in [-0.15, -0.1) is 0 Å². The van der Waals surface area contributed by atoms with Gasteiger partial charge in [0.25, 0.3) is 0 Å². The lowest BCUT2D eigenvalue weighted by Gasteiger charge is -2.34. The lowest BCUT2D eigenvalue weighted by molar-refractivity contribution is -0.193. The maximum Gasteiger partial charge on any atom is 0.381 e. The van der Waals surface area contributed by atoms with Crippen LogP contribution in [-0.2, 0) is 14.3 Å². The van der Waals surface area contributed by atoms with Gasteiger partial charge in [0.05, 0.1) is 12.2 Å². The van der Waals surface area contributed by atoms with Crippen LogP contribution in [0.3, 0.4) is 0 Å². The molecule has 7 heteroatoms. The van der Waals surface area contributed by atoms with Crippen LogP contribution in [0.5, 0.6) is 5.75 Å². The molecule has 0 bridgehead atoms. The van der Waals surface area contributed by atoms with Crippen LogP contribution in [-0.4, -0.2) is 36.2 Å². The molecule has 5 nitrogen and oxygen atoms in total. The summed E-state index contributed by atoms with van der Waals surface area (Å²) in [4.78, 5) is 24.2. The summed E-state index contributed by atoms with van der Waals surface area (Å²) in [7, 11) is 0. The van der Waals surface area contributed by atoms with Crippen molar-refractivity contribution in [2.75, 3.05) is 6.61 Å². The van der Waals surface area contributed by atoms with Crippen molar-refractivity contribution in [3.63, 3.8) is 0 Å². The molecule has 1 fully saturated rings. The van der Waals surface area contributed by atoms with Crippen LogP contribution in [0.2, 0.25) is 0 Å². The van der Waals surface area contributed by atoms with Gasteiger partial charge >= 0.3 is 17.9 Å². The number of ether oxygens (including phenoxy) is 3. The smallest absolute Gasteiger partial charge is 0.381 e. The van der Waals surface area contributed by atoms with E-state index in [1.807, 2.05) is 0 Å². The Morgan fingerprint density at radius 2 is 1.70 bits per heavy atom. The van der Waals surface area contributed by atoms with Crippen molar-refractivity contribution < 1.29 is 32.6 Å². The molecule has 1 unspecified atom stereocenters. The van der Waals surface area contributed by atoms with Crippen LogP contribution in [0.4, 0.5) is 8.78 Å². The molecule has 30 heavy (non-hydrogen) atoms. The fourth-order valence-electron chi connectivity index (χ4n) is 3.56. The Morgan fingerprint density at radius 3 is 2.23 bits per heavy atom. The summed E-state index contributed by atoms with van der Waals surface area (Å²) in [5.41, 5.74) is -0.122. The lowest BCUT2D eigenvalue weighted by Crippen LogP contribution is -2.48. The van der Waals surface area contributed by atoms with Gasteiger partial charge in [-0.2, -0.15) is 8.78 Å². The summed E-state index contributed by atoms with van der Waals surface area (Å²) in [5.74, 6) is -6.71. The first-order valence-electron chi connectivity index (χ1n) is 10.6. The number of esters is 2. The van der Waals surface area contributed by atoms with Gasteiger partial charge in [0, 0.05) is 0 Å². The highest BCUT2D eigenvalue weighted by molar-refractivity contribution is 5.90. The molecule has 2 rings (SSSR count). The number of benzene rings is 1. The molecule has 1 aliphatic rings. The first-order valence-corrected chi connectivity index (χ1v) is 10.6. The molecule has 1 aromatic carbocycles. The van der Waals surface area contributed by atoms with Crippen LogP contribution in [0.1, 0.15) is 76.6 Å². The highest BCUT2D eigenvalue weighted by Crippen LogP contribution is 2.33. The van der Waals surface area contributed by atoms with Crippen molar-refractivity contribution in [2.45, 2.75) is 83.8 Å². The number of halogens is 2. The molecule has 0 radical (unpaired) electrons. The summed E-state index contributed by atoms with van der Waals surface area (Å²) in [6, 6.07) is 6.23. The van der Waals surface area contributed by atoms with Crippen molar-refractivity contribution in [1.82, 2.24) is 0 Å². The van der Waals surface area contributed by atoms with Gasteiger partial charge in [-0.3, -0.25) is 0 Å². The van der Waals surface area contributed by atoms with E-state index in [0.717, 1.165) is 25.7 Å². The van der Waals surface area contributed by atoms with Crippen molar-refractivity contribution in [1.29, 1.82) is 0 Å². The van der Waals surface area contributed by atoms with Crippen LogP contribution in [0.25, 0.3) is 0 Å². The van der Waals surface area contributed by atoms with E-state index in [1.165, 1.54) is 32.4 Å². The van der Waals surface area contributed by atoms with Gasteiger partial charge < -0.3 is 14.2 Å². The van der Waals surface area contributed by atoms with Gasteiger partial charge in [0.2, 0.25) is 0 Å². The lowest BCUT2D eigenvalue weighted by atomic mass is 9.86. The Kier molecular flexibility index (Phi) is 8.21. The average Bonchev–Trinajstić information content (AvgIpc) is 2.70. The summed E-state index contributed by atoms with van der Waals surface area (Å²) in [6.45, 7) is 6.57. The first kappa shape index (κ1) is 24.1. The third-order valence-corrected chi connectivity index (χ3v) is 5.27. The molecular weight excluding hydrogens is 394 g/mol. The number of carbonyl (C=O) groups is 2. The summed E-state index contributed by atoms with van der Waals surface area (Å²) >= 11 is 0. The Balaban J connectivity index is 2.06. The second kappa shape index (κ2) is 10.2. The third-order valence-electron chi connectivity index (χ3n) is 5.27. The van der Waals surface area contributed by atoms with Gasteiger partial charge in [-0.05, 0) is 69.2 Å². The number of alkyl halides is 2. The van der Waals surface area contributed by atoms with Crippen LogP contribution in [0, 0.1) is 5.92 Å². The highest BCUT2D eigenvalue weighted by atomic mass is 19.3. The molecule has 1 saturated carbocycles. The fraction of sp³-hybridized carbons (Fsp3) is 0.652. The maximum atomic E-state index is 14.5. The normalized spacial score (nSPS) is 17.3. The van der Waals surface area contributed by atoms with E-state index in [9.17, 15) is 18.4 Å². The van der Waals surface area contributed by atoms with Crippen LogP contribution >= 0.6 is 0 Å². The zero-order chi connectivity index (χ0) is 22.4. The Bertz CT molecular complexity index is 709. The van der Waals surface area contributed by atoms with E-state index in [0.29, 0.717) is 12.2 Å². The number of carbonyl (C=O) groups excluding carboxylic acids is 2. The predicted molar refractivity (Wildman–Crippen MR) is 109 cm³/mol. The van der Waals surface area contributed by atoms with Crippen LogP contribution in [0.15, 0.2) is 24.3 Å². The number of hydrogen-bond acceptors (Lipinski definition) is 5. The van der Waals surface area contributed by atoms with E-state index in [4.69, 9.17) is 9.47 Å². The summed E-state index contributed by atoms with van der Waals surface area (Å²) < 4.78 is 44.8. The molecule has 0 spiro atoms. The van der Waals surface area contributed by atoms with E-state index in [1.54, 1.807) is 19.1 Å². The molecule has 0 saturated heterocycles. The number of rotatable bonds is 9. The zero-order valence-corrected chi connectivity index (χ0v) is 18.2. The summed E-state index contributed by atoms with van der Waals surface area (Å²) in [6.07, 6.45) is 3.87. The monoisotopic (exact) mass is 426 g/mol. The zero-order valence-electron chi connectivity index (χ0n) is 18.2. The van der Waals surface area contributed by atoms with E-state index in [2.05, 4.69) is 11.7 Å². The molecule has 0 aliphatic heterocycles. The minimum absolute atomic E-state index is 0.111. The fourth-order valence-corrected chi connectivity index (χ4v) is 3.56. The third kappa shape index (κ3) is 6.16. The Hall–Kier alpha value is -2.18. The van der Waals surface area contributed by atoms with E-state index >= 15 is 0 Å². The molecular formula is C23H32F2O5. The minimum Gasteiger partial charge on any atom is -0.488 e. The van der Waals surface area contributed by atoms with Crippen molar-refractivity contribution in [3.8, 4) is 5.75 Å². The molecule has 0 amide bonds. The van der Waals surface area contributed by atoms with E-state index < -0.39 is 29.9 Å². The molecule has 168 valence electrons. The SMILES string of the molecule is CCCOC(=O)C(F)(F)C(OC(=O)c1ccc(OC2(C)CCCCC2)cc1)C(C)C. The topological polar surface area (TPSA) is 61.8 Å². The molecule has 0 N–H and O–H groups in total. The van der Waals surface area contributed by atoms with Gasteiger partial charge in [-0.25, -0.2) is 9.59 Å². The molecule has 1 aromatic rings. The largest absolute Gasteiger partial charge is 0.488 e. The van der Waals surface area contributed by atoms with Crippen molar-refractivity contribution >= 4 is 11.9 Å². The van der Waals surface area contributed by atoms with Gasteiger partial charge in [0.15, 0.2) is 6.10 Å². The van der Waals surface area contributed by atoms with E-state index in [-0.39, 0.29) is 17.8 Å². The Morgan fingerprint density at radius 1 is 1.10 bits per heavy atom. The minimum atomic E-state index is -3.93. The second-order valence-electron chi connectivity index (χ2n) is 8.47. The van der Waals surface area contributed by atoms with Crippen molar-refractivity contribution in [2.24, 2.45) is 5.92 Å². The molecule has 1 aliphatic carbocycles. The molecule has 0 heterocycles. The summed E-state index contributed by atoms with van der Waals surface area (Å²) in [5, 5.41) is 0. The van der Waals surface area contributed by atoms with Crippen molar-refractivity contribution in [3.05, 3.63) is 29.8 Å². The predicted octanol–water partition coefficient (Wildman–Crippen LogP) is 5.56. The quantitative estimate of drug-likeness (QED) is 0.484. The standard InChI is InChI=1S/C23H32F2O5/c1-5-15-28-21(27)23(24,25)19(16(2)3)29-20(26)17-9-11-18(12-10-17)30-22(4)13-7-6-8-14-22/h9-12,16,19H,5-8,13-15H2,1-4H3. The van der Waals surface area contributed by atoms with Gasteiger partial charge in [0.1, 0.15) is 11.4 Å². The first-order chi connectivity index (χ1) is 14.1. The second-order valence-corrected chi connectivity index (χ2v) is 8.47. The Labute approximate surface area is 177 Å². The maximum absolute atomic E-state index is 14.5. The van der Waals surface area contributed by atoms with Gasteiger partial charge in [-0.1, -0.05) is 27.2 Å².